The largest absolute Gasteiger partial charge is 0.508 e. The number of rotatable bonds is 1. The van der Waals surface area contributed by atoms with Crippen LogP contribution in [0, 0.1) is 0 Å². The number of ketones is 1. The fraction of sp³-hybridized carbons (Fsp3) is 0.200. The topological polar surface area (TPSA) is 50.2 Å². The average molecular weight is 239 g/mol. The quantitative estimate of drug-likeness (QED) is 0.832. The number of fused-ring (bicyclic) bond motifs is 1. The maximum atomic E-state index is 11.7. The molecule has 1 aliphatic carbocycles. The van der Waals surface area contributed by atoms with Crippen LogP contribution in [-0.4, -0.2) is 15.9 Å². The van der Waals surface area contributed by atoms with Gasteiger partial charge in [-0.25, -0.2) is 0 Å². The molecular formula is C15H13NO2. The molecule has 1 heterocycles. The first kappa shape index (κ1) is 11.0. The first-order valence-corrected chi connectivity index (χ1v) is 6.06. The van der Waals surface area contributed by atoms with Crippen LogP contribution in [0.3, 0.4) is 0 Å². The summed E-state index contributed by atoms with van der Waals surface area (Å²) >= 11 is 0. The minimum absolute atomic E-state index is 0.186. The van der Waals surface area contributed by atoms with Gasteiger partial charge < -0.3 is 5.11 Å². The number of hydrogen-bond donors (Lipinski definition) is 1. The predicted molar refractivity (Wildman–Crippen MR) is 68.6 cm³/mol. The van der Waals surface area contributed by atoms with Crippen LogP contribution in [-0.2, 0) is 6.42 Å². The molecular weight excluding hydrogens is 226 g/mol. The van der Waals surface area contributed by atoms with E-state index < -0.39 is 0 Å². The zero-order valence-corrected chi connectivity index (χ0v) is 9.89. The predicted octanol–water partition coefficient (Wildman–Crippen LogP) is 2.97. The number of Topliss-reactive ketones (excluding diaryl/α,β-unsaturated/α-hetero) is 1. The van der Waals surface area contributed by atoms with Gasteiger partial charge in [0.05, 0.1) is 11.4 Å². The first-order chi connectivity index (χ1) is 8.74. The van der Waals surface area contributed by atoms with E-state index in [-0.39, 0.29) is 11.5 Å². The Kier molecular flexibility index (Phi) is 2.59. The molecule has 0 bridgehead atoms. The fourth-order valence-corrected chi connectivity index (χ4v) is 2.32. The maximum absolute atomic E-state index is 11.7. The molecule has 0 aliphatic heterocycles. The van der Waals surface area contributed by atoms with Gasteiger partial charge in [0.25, 0.3) is 0 Å². The lowest BCUT2D eigenvalue weighted by atomic mass is 9.94. The first-order valence-electron chi connectivity index (χ1n) is 6.06. The van der Waals surface area contributed by atoms with E-state index in [4.69, 9.17) is 0 Å². The number of aryl methyl sites for hydroxylation is 1. The highest BCUT2D eigenvalue weighted by molar-refractivity contribution is 5.98. The molecule has 0 atom stereocenters. The summed E-state index contributed by atoms with van der Waals surface area (Å²) in [6.07, 6.45) is 2.36. The Morgan fingerprint density at radius 1 is 1.11 bits per heavy atom. The lowest BCUT2D eigenvalue weighted by Gasteiger charge is -2.14. The fourth-order valence-electron chi connectivity index (χ4n) is 2.32. The van der Waals surface area contributed by atoms with E-state index in [1.807, 2.05) is 18.2 Å². The van der Waals surface area contributed by atoms with Gasteiger partial charge in [-0.3, -0.25) is 9.78 Å². The highest BCUT2D eigenvalue weighted by atomic mass is 16.3. The van der Waals surface area contributed by atoms with E-state index in [1.54, 1.807) is 18.2 Å². The normalized spacial score (nSPS) is 14.3. The number of nitrogens with zero attached hydrogens (tertiary/aromatic N) is 1. The van der Waals surface area contributed by atoms with Crippen LogP contribution in [0.4, 0.5) is 0 Å². The highest BCUT2D eigenvalue weighted by Gasteiger charge is 2.18. The van der Waals surface area contributed by atoms with Crippen LogP contribution in [0.2, 0.25) is 0 Å². The number of carbonyl (C=O) groups is 1. The van der Waals surface area contributed by atoms with Crippen LogP contribution in [0.25, 0.3) is 11.3 Å². The summed E-state index contributed by atoms with van der Waals surface area (Å²) in [7, 11) is 0. The number of carbonyl (C=O) groups excluding carboxylic acids is 1. The minimum Gasteiger partial charge on any atom is -0.508 e. The Hall–Kier alpha value is -2.16. The van der Waals surface area contributed by atoms with Gasteiger partial charge in [-0.05, 0) is 37.1 Å². The Labute approximate surface area is 105 Å². The molecule has 2 aromatic rings. The number of phenols is 1. The number of phenolic OH excluding ortho intramolecular Hbond substituents is 1. The molecule has 0 saturated carbocycles. The molecule has 90 valence electrons. The molecule has 3 rings (SSSR count). The van der Waals surface area contributed by atoms with Crippen molar-refractivity contribution in [3.63, 3.8) is 0 Å². The zero-order valence-electron chi connectivity index (χ0n) is 9.89. The summed E-state index contributed by atoms with van der Waals surface area (Å²) in [5, 5.41) is 9.47. The van der Waals surface area contributed by atoms with Crippen LogP contribution in [0.1, 0.15) is 28.9 Å². The number of aromatic hydroxyl groups is 1. The van der Waals surface area contributed by atoms with E-state index in [0.717, 1.165) is 35.4 Å². The molecule has 18 heavy (non-hydrogen) atoms. The molecule has 1 aromatic carbocycles. The third-order valence-corrected chi connectivity index (χ3v) is 3.23. The van der Waals surface area contributed by atoms with Crippen molar-refractivity contribution >= 4 is 5.78 Å². The summed E-state index contributed by atoms with van der Waals surface area (Å²) in [4.78, 5) is 16.3. The number of benzene rings is 1. The standard InChI is InChI=1S/C15H13NO2/c17-11-4-1-3-10(9-11)13-8-7-12-14(16-13)5-2-6-15(12)18/h1,3-4,7-9,17H,2,5-6H2. The SMILES string of the molecule is O=C1CCCc2nc(-c3cccc(O)c3)ccc21. The molecule has 1 N–H and O–H groups in total. The van der Waals surface area contributed by atoms with E-state index in [2.05, 4.69) is 4.98 Å². The second-order valence-corrected chi connectivity index (χ2v) is 4.52. The van der Waals surface area contributed by atoms with E-state index in [9.17, 15) is 9.90 Å². The summed E-state index contributed by atoms with van der Waals surface area (Å²) in [5.74, 6) is 0.411. The monoisotopic (exact) mass is 239 g/mol. The van der Waals surface area contributed by atoms with Gasteiger partial charge >= 0.3 is 0 Å². The number of pyridine rings is 1. The van der Waals surface area contributed by atoms with Crippen molar-refractivity contribution in [2.45, 2.75) is 19.3 Å². The molecule has 0 radical (unpaired) electrons. The summed E-state index contributed by atoms with van der Waals surface area (Å²) in [5.41, 5.74) is 3.31. The molecule has 0 unspecified atom stereocenters. The van der Waals surface area contributed by atoms with Crippen LogP contribution in [0.15, 0.2) is 36.4 Å². The van der Waals surface area contributed by atoms with Crippen molar-refractivity contribution in [2.24, 2.45) is 0 Å². The van der Waals surface area contributed by atoms with Crippen molar-refractivity contribution in [3.8, 4) is 17.0 Å². The lowest BCUT2D eigenvalue weighted by Crippen LogP contribution is -2.12. The molecule has 3 nitrogen and oxygen atoms in total. The van der Waals surface area contributed by atoms with Gasteiger partial charge in [-0.2, -0.15) is 0 Å². The third-order valence-electron chi connectivity index (χ3n) is 3.23. The van der Waals surface area contributed by atoms with Crippen molar-refractivity contribution in [1.82, 2.24) is 4.98 Å². The molecule has 0 amide bonds. The van der Waals surface area contributed by atoms with Gasteiger partial charge in [-0.1, -0.05) is 12.1 Å². The Morgan fingerprint density at radius 2 is 2.00 bits per heavy atom. The van der Waals surface area contributed by atoms with Gasteiger partial charge in [0.15, 0.2) is 5.78 Å². The molecule has 1 aliphatic rings. The summed E-state index contributed by atoms with van der Waals surface area (Å²) in [6, 6.07) is 10.7. The Bertz CT molecular complexity index is 620. The van der Waals surface area contributed by atoms with Crippen molar-refractivity contribution in [2.75, 3.05) is 0 Å². The average Bonchev–Trinajstić information content (AvgIpc) is 2.39. The van der Waals surface area contributed by atoms with Crippen LogP contribution < -0.4 is 0 Å². The number of aromatic nitrogens is 1. The smallest absolute Gasteiger partial charge is 0.164 e. The van der Waals surface area contributed by atoms with Crippen molar-refractivity contribution in [1.29, 1.82) is 0 Å². The minimum atomic E-state index is 0.186. The van der Waals surface area contributed by atoms with Crippen LogP contribution in [0.5, 0.6) is 5.75 Å². The van der Waals surface area contributed by atoms with Gasteiger partial charge in [0.2, 0.25) is 0 Å². The van der Waals surface area contributed by atoms with Crippen molar-refractivity contribution < 1.29 is 9.90 Å². The van der Waals surface area contributed by atoms with E-state index in [0.29, 0.717) is 6.42 Å². The van der Waals surface area contributed by atoms with E-state index in [1.165, 1.54) is 0 Å². The summed E-state index contributed by atoms with van der Waals surface area (Å²) in [6.45, 7) is 0. The van der Waals surface area contributed by atoms with E-state index >= 15 is 0 Å². The van der Waals surface area contributed by atoms with Gasteiger partial charge in [0, 0.05) is 17.5 Å². The molecule has 0 saturated heterocycles. The third kappa shape index (κ3) is 1.88. The zero-order chi connectivity index (χ0) is 12.5. The van der Waals surface area contributed by atoms with Crippen molar-refractivity contribution in [3.05, 3.63) is 47.7 Å². The van der Waals surface area contributed by atoms with Crippen LogP contribution >= 0.6 is 0 Å². The van der Waals surface area contributed by atoms with Gasteiger partial charge in [-0.15, -0.1) is 0 Å². The second kappa shape index (κ2) is 4.26. The number of hydrogen-bond acceptors (Lipinski definition) is 3. The molecule has 3 heteroatoms. The molecule has 0 spiro atoms. The Balaban J connectivity index is 2.07. The second-order valence-electron chi connectivity index (χ2n) is 4.52. The van der Waals surface area contributed by atoms with Gasteiger partial charge in [0.1, 0.15) is 5.75 Å². The highest BCUT2D eigenvalue weighted by Crippen LogP contribution is 2.26. The molecule has 1 aromatic heterocycles. The lowest BCUT2D eigenvalue weighted by molar-refractivity contribution is 0.0971. The summed E-state index contributed by atoms with van der Waals surface area (Å²) < 4.78 is 0. The Morgan fingerprint density at radius 3 is 2.83 bits per heavy atom. The molecule has 0 fully saturated rings. The maximum Gasteiger partial charge on any atom is 0.164 e.